The molecule has 4 nitrogen and oxygen atoms in total. The van der Waals surface area contributed by atoms with E-state index >= 15 is 0 Å². The molecule has 1 N–H and O–H groups in total. The molecular formula is C14H16N2O2. The van der Waals surface area contributed by atoms with Crippen molar-refractivity contribution < 1.29 is 9.84 Å². The minimum atomic E-state index is 0.0693. The quantitative estimate of drug-likeness (QED) is 0.876. The van der Waals surface area contributed by atoms with Gasteiger partial charge in [-0.05, 0) is 24.3 Å². The van der Waals surface area contributed by atoms with Crippen LogP contribution >= 0.6 is 0 Å². The first-order valence-electron chi connectivity index (χ1n) is 5.80. The topological polar surface area (TPSA) is 45.6 Å². The van der Waals surface area contributed by atoms with Crippen LogP contribution in [0.2, 0.25) is 0 Å². The summed E-state index contributed by atoms with van der Waals surface area (Å²) in [5, 5.41) is 9.49. The van der Waals surface area contributed by atoms with E-state index in [1.165, 1.54) is 0 Å². The molecule has 0 saturated carbocycles. The van der Waals surface area contributed by atoms with Crippen LogP contribution in [0.5, 0.6) is 11.6 Å². The molecular weight excluding hydrogens is 228 g/mol. The number of nitrogens with zero attached hydrogens (tertiary/aromatic N) is 2. The standard InChI is InChI=1S/C14H16N2O2/c1-16(12-6-3-2-4-7-12)10-11-18-14-13(17)8-5-9-15-14/h2-9,17H,10-11H2,1H3. The van der Waals surface area contributed by atoms with Gasteiger partial charge in [0.25, 0.3) is 5.88 Å². The van der Waals surface area contributed by atoms with Gasteiger partial charge in [-0.15, -0.1) is 0 Å². The molecule has 0 saturated heterocycles. The van der Waals surface area contributed by atoms with Crippen molar-refractivity contribution in [3.05, 3.63) is 48.7 Å². The Hall–Kier alpha value is -2.23. The lowest BCUT2D eigenvalue weighted by molar-refractivity contribution is 0.294. The van der Waals surface area contributed by atoms with Gasteiger partial charge in [0.2, 0.25) is 0 Å². The minimum absolute atomic E-state index is 0.0693. The summed E-state index contributed by atoms with van der Waals surface area (Å²) in [6, 6.07) is 13.3. The van der Waals surface area contributed by atoms with Crippen molar-refractivity contribution in [1.29, 1.82) is 0 Å². The highest BCUT2D eigenvalue weighted by Gasteiger charge is 2.04. The van der Waals surface area contributed by atoms with Crippen molar-refractivity contribution >= 4 is 5.69 Å². The second-order valence-corrected chi connectivity index (χ2v) is 3.93. The highest BCUT2D eigenvalue weighted by Crippen LogP contribution is 2.20. The van der Waals surface area contributed by atoms with Crippen LogP contribution in [-0.4, -0.2) is 30.3 Å². The number of hydrogen-bond donors (Lipinski definition) is 1. The van der Waals surface area contributed by atoms with E-state index in [1.54, 1.807) is 18.3 Å². The Balaban J connectivity index is 1.84. The second kappa shape index (κ2) is 5.91. The van der Waals surface area contributed by atoms with Gasteiger partial charge in [0, 0.05) is 18.9 Å². The predicted molar refractivity (Wildman–Crippen MR) is 71.1 cm³/mol. The largest absolute Gasteiger partial charge is 0.503 e. The maximum absolute atomic E-state index is 9.49. The first kappa shape index (κ1) is 12.2. The molecule has 0 bridgehead atoms. The molecule has 1 aromatic heterocycles. The zero-order chi connectivity index (χ0) is 12.8. The van der Waals surface area contributed by atoms with Crippen molar-refractivity contribution in [3.63, 3.8) is 0 Å². The Bertz CT molecular complexity index is 488. The molecule has 1 heterocycles. The summed E-state index contributed by atoms with van der Waals surface area (Å²) < 4.78 is 5.43. The van der Waals surface area contributed by atoms with Gasteiger partial charge >= 0.3 is 0 Å². The normalized spacial score (nSPS) is 10.1. The Kier molecular flexibility index (Phi) is 4.02. The summed E-state index contributed by atoms with van der Waals surface area (Å²) in [6.45, 7) is 1.19. The Labute approximate surface area is 106 Å². The third-order valence-corrected chi connectivity index (χ3v) is 2.61. The summed E-state index contributed by atoms with van der Waals surface area (Å²) in [7, 11) is 2.00. The summed E-state index contributed by atoms with van der Waals surface area (Å²) in [5.41, 5.74) is 1.13. The lowest BCUT2D eigenvalue weighted by atomic mass is 10.3. The van der Waals surface area contributed by atoms with E-state index in [2.05, 4.69) is 9.88 Å². The molecule has 0 amide bonds. The van der Waals surface area contributed by atoms with E-state index in [1.807, 2.05) is 37.4 Å². The molecule has 2 rings (SSSR count). The molecule has 2 aromatic rings. The van der Waals surface area contributed by atoms with Crippen LogP contribution in [0.15, 0.2) is 48.7 Å². The number of rotatable bonds is 5. The van der Waals surface area contributed by atoms with E-state index in [0.717, 1.165) is 12.2 Å². The molecule has 0 aliphatic rings. The van der Waals surface area contributed by atoms with E-state index in [-0.39, 0.29) is 11.6 Å². The molecule has 0 aliphatic carbocycles. The highest BCUT2D eigenvalue weighted by atomic mass is 16.5. The number of aromatic nitrogens is 1. The number of ether oxygens (including phenoxy) is 1. The summed E-state index contributed by atoms with van der Waals surface area (Å²) in [6.07, 6.45) is 1.59. The number of likely N-dealkylation sites (N-methyl/N-ethyl adjacent to an activating group) is 1. The van der Waals surface area contributed by atoms with Crippen molar-refractivity contribution in [2.75, 3.05) is 25.1 Å². The van der Waals surface area contributed by atoms with Gasteiger partial charge in [-0.1, -0.05) is 18.2 Å². The van der Waals surface area contributed by atoms with Crippen LogP contribution < -0.4 is 9.64 Å². The minimum Gasteiger partial charge on any atom is -0.503 e. The van der Waals surface area contributed by atoms with Gasteiger partial charge < -0.3 is 14.7 Å². The molecule has 0 aliphatic heterocycles. The third kappa shape index (κ3) is 3.13. The molecule has 18 heavy (non-hydrogen) atoms. The van der Waals surface area contributed by atoms with Gasteiger partial charge in [-0.3, -0.25) is 0 Å². The van der Waals surface area contributed by atoms with Crippen molar-refractivity contribution in [2.45, 2.75) is 0 Å². The molecule has 4 heteroatoms. The zero-order valence-corrected chi connectivity index (χ0v) is 10.3. The zero-order valence-electron chi connectivity index (χ0n) is 10.3. The molecule has 0 radical (unpaired) electrons. The molecule has 0 atom stereocenters. The average Bonchev–Trinajstić information content (AvgIpc) is 2.42. The van der Waals surface area contributed by atoms with Gasteiger partial charge in [0.1, 0.15) is 6.61 Å². The van der Waals surface area contributed by atoms with Crippen LogP contribution in [0.25, 0.3) is 0 Å². The summed E-state index contributed by atoms with van der Waals surface area (Å²) >= 11 is 0. The SMILES string of the molecule is CN(CCOc1ncccc1O)c1ccccc1. The van der Waals surface area contributed by atoms with E-state index < -0.39 is 0 Å². The van der Waals surface area contributed by atoms with Gasteiger partial charge in [0.05, 0.1) is 6.54 Å². The third-order valence-electron chi connectivity index (χ3n) is 2.61. The van der Waals surface area contributed by atoms with Crippen molar-refractivity contribution in [2.24, 2.45) is 0 Å². The lowest BCUT2D eigenvalue weighted by Crippen LogP contribution is -2.23. The molecule has 1 aromatic carbocycles. The number of hydrogen-bond acceptors (Lipinski definition) is 4. The van der Waals surface area contributed by atoms with Gasteiger partial charge in [-0.25, -0.2) is 4.98 Å². The maximum atomic E-state index is 9.49. The van der Waals surface area contributed by atoms with Crippen LogP contribution in [0, 0.1) is 0 Å². The van der Waals surface area contributed by atoms with Crippen LogP contribution in [0.1, 0.15) is 0 Å². The first-order valence-corrected chi connectivity index (χ1v) is 5.80. The lowest BCUT2D eigenvalue weighted by Gasteiger charge is -2.19. The fourth-order valence-electron chi connectivity index (χ4n) is 1.58. The number of aromatic hydroxyl groups is 1. The van der Waals surface area contributed by atoms with Crippen molar-refractivity contribution in [1.82, 2.24) is 4.98 Å². The predicted octanol–water partition coefficient (Wildman–Crippen LogP) is 2.30. The monoisotopic (exact) mass is 244 g/mol. The van der Waals surface area contributed by atoms with Gasteiger partial charge in [-0.2, -0.15) is 0 Å². The van der Waals surface area contributed by atoms with E-state index in [0.29, 0.717) is 6.61 Å². The van der Waals surface area contributed by atoms with Crippen LogP contribution in [0.3, 0.4) is 0 Å². The van der Waals surface area contributed by atoms with Crippen LogP contribution in [0.4, 0.5) is 5.69 Å². The van der Waals surface area contributed by atoms with E-state index in [9.17, 15) is 5.11 Å². The fourth-order valence-corrected chi connectivity index (χ4v) is 1.58. The average molecular weight is 244 g/mol. The van der Waals surface area contributed by atoms with Gasteiger partial charge in [0.15, 0.2) is 5.75 Å². The smallest absolute Gasteiger partial charge is 0.256 e. The molecule has 0 spiro atoms. The number of pyridine rings is 1. The molecule has 0 fully saturated rings. The Morgan fingerprint density at radius 1 is 1.17 bits per heavy atom. The highest BCUT2D eigenvalue weighted by molar-refractivity contribution is 5.44. The Morgan fingerprint density at radius 2 is 1.94 bits per heavy atom. The number of anilines is 1. The number of para-hydroxylation sites is 1. The fraction of sp³-hybridized carbons (Fsp3) is 0.214. The summed E-state index contributed by atoms with van der Waals surface area (Å²) in [4.78, 5) is 6.04. The van der Waals surface area contributed by atoms with Crippen LogP contribution in [-0.2, 0) is 0 Å². The summed E-state index contributed by atoms with van der Waals surface area (Å²) in [5.74, 6) is 0.346. The number of benzene rings is 1. The first-order chi connectivity index (χ1) is 8.77. The molecule has 0 unspecified atom stereocenters. The van der Waals surface area contributed by atoms with Crippen molar-refractivity contribution in [3.8, 4) is 11.6 Å². The van der Waals surface area contributed by atoms with E-state index in [4.69, 9.17) is 4.74 Å². The maximum Gasteiger partial charge on any atom is 0.256 e. The second-order valence-electron chi connectivity index (χ2n) is 3.93. The Morgan fingerprint density at radius 3 is 2.67 bits per heavy atom. The molecule has 94 valence electrons.